The quantitative estimate of drug-likeness (QED) is 0.898. The Morgan fingerprint density at radius 3 is 2.77 bits per heavy atom. The molecule has 1 aromatic carbocycles. The Morgan fingerprint density at radius 1 is 1.36 bits per heavy atom. The maximum absolute atomic E-state index is 12.1. The van der Waals surface area contributed by atoms with Gasteiger partial charge in [-0.15, -0.1) is 0 Å². The number of benzene rings is 1. The van der Waals surface area contributed by atoms with E-state index in [2.05, 4.69) is 20.7 Å². The molecule has 1 atom stereocenters. The predicted octanol–water partition coefficient (Wildman–Crippen LogP) is 1.67. The zero-order valence-electron chi connectivity index (χ0n) is 12.5. The Balaban J connectivity index is 1.70. The molecule has 0 bridgehead atoms. The van der Waals surface area contributed by atoms with Crippen molar-refractivity contribution in [3.05, 3.63) is 35.7 Å². The molecule has 2 N–H and O–H groups in total. The summed E-state index contributed by atoms with van der Waals surface area (Å²) in [6.07, 6.45) is 0.706. The van der Waals surface area contributed by atoms with Crippen molar-refractivity contribution in [3.8, 4) is 0 Å². The molecular weight excluding hydrogens is 282 g/mol. The van der Waals surface area contributed by atoms with E-state index in [9.17, 15) is 9.59 Å². The molecule has 2 aromatic rings. The summed E-state index contributed by atoms with van der Waals surface area (Å²) in [5, 5.41) is 9.69. The number of carbonyl (C=O) groups excluding carboxylic acids is 2. The van der Waals surface area contributed by atoms with Crippen molar-refractivity contribution in [1.82, 2.24) is 14.8 Å². The van der Waals surface area contributed by atoms with Crippen LogP contribution in [0.2, 0.25) is 0 Å². The van der Waals surface area contributed by atoms with Gasteiger partial charge >= 0.3 is 0 Å². The molecule has 0 aliphatic carbocycles. The van der Waals surface area contributed by atoms with Gasteiger partial charge in [-0.25, -0.2) is 4.68 Å². The van der Waals surface area contributed by atoms with Gasteiger partial charge in [-0.3, -0.25) is 14.9 Å². The first kappa shape index (κ1) is 14.2. The van der Waals surface area contributed by atoms with Crippen molar-refractivity contribution < 1.29 is 9.59 Å². The van der Waals surface area contributed by atoms with Crippen LogP contribution in [-0.2, 0) is 16.0 Å². The summed E-state index contributed by atoms with van der Waals surface area (Å²) in [5.74, 6) is 0.580. The number of nitrogens with one attached hydrogen (secondary N) is 2. The second kappa shape index (κ2) is 5.59. The van der Waals surface area contributed by atoms with Crippen LogP contribution >= 0.6 is 0 Å². The summed E-state index contributed by atoms with van der Waals surface area (Å²) in [6.45, 7) is 3.91. The summed E-state index contributed by atoms with van der Waals surface area (Å²) in [5.41, 5.74) is 1.83. The molecule has 3 rings (SSSR count). The van der Waals surface area contributed by atoms with Crippen molar-refractivity contribution >= 4 is 23.5 Å². The van der Waals surface area contributed by atoms with Crippen LogP contribution in [-0.4, -0.2) is 26.6 Å². The summed E-state index contributed by atoms with van der Waals surface area (Å²) < 4.78 is 1.50. The topological polar surface area (TPSA) is 88.9 Å². The van der Waals surface area contributed by atoms with Crippen molar-refractivity contribution in [2.45, 2.75) is 32.7 Å². The van der Waals surface area contributed by atoms with Crippen LogP contribution < -0.4 is 10.6 Å². The average molecular weight is 299 g/mol. The molecule has 7 heteroatoms. The minimum absolute atomic E-state index is 0.0270. The molecule has 0 saturated carbocycles. The number of nitrogens with zero attached hydrogens (tertiary/aromatic N) is 3. The summed E-state index contributed by atoms with van der Waals surface area (Å²) in [4.78, 5) is 28.3. The lowest BCUT2D eigenvalue weighted by atomic mass is 10.2. The second-order valence-corrected chi connectivity index (χ2v) is 5.27. The third-order valence-electron chi connectivity index (χ3n) is 3.54. The third kappa shape index (κ3) is 2.69. The van der Waals surface area contributed by atoms with E-state index in [1.165, 1.54) is 4.68 Å². The first-order chi connectivity index (χ1) is 10.6. The van der Waals surface area contributed by atoms with E-state index in [1.807, 2.05) is 38.1 Å². The highest BCUT2D eigenvalue weighted by molar-refractivity contribution is 6.00. The highest BCUT2D eigenvalue weighted by Crippen LogP contribution is 2.25. The highest BCUT2D eigenvalue weighted by atomic mass is 16.2. The number of carbonyl (C=O) groups is 2. The Labute approximate surface area is 127 Å². The molecule has 0 fully saturated rings. The summed E-state index contributed by atoms with van der Waals surface area (Å²) in [7, 11) is 0. The Morgan fingerprint density at radius 2 is 2.09 bits per heavy atom. The Hall–Kier alpha value is -2.70. The zero-order valence-corrected chi connectivity index (χ0v) is 12.5. The first-order valence-electron chi connectivity index (χ1n) is 7.19. The number of amides is 2. The van der Waals surface area contributed by atoms with E-state index in [0.29, 0.717) is 23.9 Å². The lowest BCUT2D eigenvalue weighted by molar-refractivity contribution is -0.123. The fraction of sp³-hybridized carbons (Fsp3) is 0.333. The molecule has 0 spiro atoms. The van der Waals surface area contributed by atoms with Crippen LogP contribution in [0.15, 0.2) is 24.3 Å². The molecule has 22 heavy (non-hydrogen) atoms. The minimum atomic E-state index is -0.645. The molecule has 0 unspecified atom stereocenters. The first-order valence-corrected chi connectivity index (χ1v) is 7.19. The molecule has 1 aliphatic rings. The van der Waals surface area contributed by atoms with Gasteiger partial charge in [0.1, 0.15) is 6.04 Å². The van der Waals surface area contributed by atoms with Gasteiger partial charge in [0, 0.05) is 12.1 Å². The number of aromatic nitrogens is 3. The van der Waals surface area contributed by atoms with E-state index in [1.54, 1.807) is 0 Å². The summed E-state index contributed by atoms with van der Waals surface area (Å²) >= 11 is 0. The van der Waals surface area contributed by atoms with Crippen LogP contribution in [0.4, 0.5) is 11.6 Å². The molecule has 1 aliphatic heterocycles. The van der Waals surface area contributed by atoms with Gasteiger partial charge in [0.25, 0.3) is 5.91 Å². The monoisotopic (exact) mass is 299 g/mol. The minimum Gasteiger partial charge on any atom is -0.326 e. The van der Waals surface area contributed by atoms with Crippen molar-refractivity contribution in [2.24, 2.45) is 0 Å². The van der Waals surface area contributed by atoms with Crippen LogP contribution in [0.5, 0.6) is 0 Å². The van der Waals surface area contributed by atoms with Crippen LogP contribution in [0, 0.1) is 6.92 Å². The van der Waals surface area contributed by atoms with Crippen molar-refractivity contribution in [2.75, 3.05) is 10.6 Å². The smallest absolute Gasteiger partial charge is 0.252 e. The molecule has 2 heterocycles. The van der Waals surface area contributed by atoms with Gasteiger partial charge in [-0.1, -0.05) is 24.6 Å². The molecule has 2 amide bonds. The zero-order chi connectivity index (χ0) is 15.7. The Kier molecular flexibility index (Phi) is 3.62. The Bertz CT molecular complexity index is 720. The number of aryl methyl sites for hydroxylation is 2. The second-order valence-electron chi connectivity index (χ2n) is 5.27. The van der Waals surface area contributed by atoms with Gasteiger partial charge < -0.3 is 5.32 Å². The fourth-order valence-corrected chi connectivity index (χ4v) is 2.33. The predicted molar refractivity (Wildman–Crippen MR) is 81.5 cm³/mol. The van der Waals surface area contributed by atoms with Gasteiger partial charge in [-0.2, -0.15) is 10.1 Å². The number of rotatable bonds is 4. The van der Waals surface area contributed by atoms with E-state index < -0.39 is 6.04 Å². The third-order valence-corrected chi connectivity index (χ3v) is 3.54. The maximum atomic E-state index is 12.1. The lowest BCUT2D eigenvalue weighted by Crippen LogP contribution is -2.24. The van der Waals surface area contributed by atoms with Gasteiger partial charge in [0.15, 0.2) is 5.82 Å². The molecular formula is C15H17N5O2. The maximum Gasteiger partial charge on any atom is 0.252 e. The van der Waals surface area contributed by atoms with E-state index >= 15 is 0 Å². The molecule has 0 saturated heterocycles. The molecule has 114 valence electrons. The van der Waals surface area contributed by atoms with Gasteiger partial charge in [-0.05, 0) is 19.1 Å². The van der Waals surface area contributed by atoms with E-state index in [0.717, 1.165) is 5.56 Å². The van der Waals surface area contributed by atoms with E-state index in [4.69, 9.17) is 0 Å². The average Bonchev–Trinajstić information content (AvgIpc) is 3.00. The van der Waals surface area contributed by atoms with Crippen LogP contribution in [0.1, 0.15) is 30.8 Å². The SMILES string of the molecule is CCc1nc2n(n1)[C@H](CC(=O)Nc1ccc(C)cc1)C(=O)N2. The number of fused-ring (bicyclic) bond motifs is 1. The fourth-order valence-electron chi connectivity index (χ4n) is 2.33. The number of hydrogen-bond acceptors (Lipinski definition) is 4. The van der Waals surface area contributed by atoms with Crippen molar-refractivity contribution in [1.29, 1.82) is 0 Å². The molecule has 0 radical (unpaired) electrons. The lowest BCUT2D eigenvalue weighted by Gasteiger charge is -2.10. The summed E-state index contributed by atoms with van der Waals surface area (Å²) in [6, 6.07) is 6.85. The molecule has 7 nitrogen and oxygen atoms in total. The standard InChI is InChI=1S/C15H17N5O2/c1-3-12-17-15-18-14(22)11(20(15)19-12)8-13(21)16-10-6-4-9(2)5-7-10/h4-7,11H,3,8H2,1-2H3,(H,16,21)(H,17,18,19,22)/t11-/m1/s1. The normalized spacial score (nSPS) is 16.3. The van der Waals surface area contributed by atoms with Gasteiger partial charge in [0.05, 0.1) is 6.42 Å². The molecule has 1 aromatic heterocycles. The van der Waals surface area contributed by atoms with Gasteiger partial charge in [0.2, 0.25) is 11.9 Å². The van der Waals surface area contributed by atoms with Crippen LogP contribution in [0.25, 0.3) is 0 Å². The largest absolute Gasteiger partial charge is 0.326 e. The van der Waals surface area contributed by atoms with Crippen molar-refractivity contribution in [3.63, 3.8) is 0 Å². The highest BCUT2D eigenvalue weighted by Gasteiger charge is 2.34. The van der Waals surface area contributed by atoms with E-state index in [-0.39, 0.29) is 18.2 Å². The number of anilines is 2. The van der Waals surface area contributed by atoms with Crippen LogP contribution in [0.3, 0.4) is 0 Å². The number of hydrogen-bond donors (Lipinski definition) is 2.